The van der Waals surface area contributed by atoms with Crippen molar-refractivity contribution in [2.45, 2.75) is 23.2 Å². The Bertz CT molecular complexity index is 1210. The Hall–Kier alpha value is -3.73. The van der Waals surface area contributed by atoms with Crippen LogP contribution in [-0.4, -0.2) is 60.1 Å². The van der Waals surface area contributed by atoms with Crippen LogP contribution in [-0.2, 0) is 15.1 Å². The molecule has 5 atom stereocenters. The zero-order valence-corrected chi connectivity index (χ0v) is 19.3. The number of allylic oxidation sites excluding steroid dienone is 1. The smallest absolute Gasteiger partial charge is 0.228 e. The van der Waals surface area contributed by atoms with E-state index in [0.717, 1.165) is 5.56 Å². The van der Waals surface area contributed by atoms with E-state index in [-0.39, 0.29) is 17.2 Å². The average molecular weight is 458 g/mol. The summed E-state index contributed by atoms with van der Waals surface area (Å²) in [4.78, 5) is 18.9. The number of hydrogen-bond donors (Lipinski definition) is 2. The largest absolute Gasteiger partial charge is 0.479 e. The SMILES string of the molecule is C=C1O[C@@]2(c3ccc(C#N)cc3)[C@H](c3ccccc3)[C@@H](C(=O)N(C)C)[C@@H](O)[C@@]2(O)/C1=C/C=NC. The van der Waals surface area contributed by atoms with Gasteiger partial charge in [-0.3, -0.25) is 9.79 Å². The summed E-state index contributed by atoms with van der Waals surface area (Å²) in [6.45, 7) is 4.02. The van der Waals surface area contributed by atoms with Crippen molar-refractivity contribution in [2.75, 3.05) is 21.1 Å². The van der Waals surface area contributed by atoms with Gasteiger partial charge in [0.05, 0.1) is 17.6 Å². The zero-order valence-electron chi connectivity index (χ0n) is 19.3. The fourth-order valence-corrected chi connectivity index (χ4v) is 5.41. The fourth-order valence-electron chi connectivity index (χ4n) is 5.41. The number of nitrogens with zero attached hydrogens (tertiary/aromatic N) is 3. The van der Waals surface area contributed by atoms with Gasteiger partial charge in [-0.15, -0.1) is 0 Å². The second-order valence-corrected chi connectivity index (χ2v) is 8.80. The Morgan fingerprint density at radius 2 is 1.85 bits per heavy atom. The van der Waals surface area contributed by atoms with Crippen LogP contribution in [0.5, 0.6) is 0 Å². The number of aliphatic hydroxyl groups is 2. The van der Waals surface area contributed by atoms with E-state index in [2.05, 4.69) is 17.6 Å². The lowest BCUT2D eigenvalue weighted by Gasteiger charge is -2.40. The van der Waals surface area contributed by atoms with Gasteiger partial charge < -0.3 is 19.8 Å². The summed E-state index contributed by atoms with van der Waals surface area (Å²) in [5.41, 5.74) is -1.66. The molecule has 1 heterocycles. The molecule has 0 spiro atoms. The summed E-state index contributed by atoms with van der Waals surface area (Å²) < 4.78 is 6.45. The van der Waals surface area contributed by atoms with Gasteiger partial charge in [0.25, 0.3) is 0 Å². The van der Waals surface area contributed by atoms with Gasteiger partial charge in [-0.25, -0.2) is 0 Å². The number of rotatable bonds is 4. The highest BCUT2D eigenvalue weighted by Crippen LogP contribution is 2.67. The van der Waals surface area contributed by atoms with Crippen molar-refractivity contribution in [1.29, 1.82) is 5.26 Å². The molecule has 2 N–H and O–H groups in total. The third-order valence-electron chi connectivity index (χ3n) is 6.84. The van der Waals surface area contributed by atoms with Crippen LogP contribution >= 0.6 is 0 Å². The molecule has 2 aliphatic rings. The van der Waals surface area contributed by atoms with Crippen molar-refractivity contribution in [2.24, 2.45) is 10.9 Å². The Kier molecular flexibility index (Phi) is 5.90. The molecule has 1 aliphatic heterocycles. The minimum Gasteiger partial charge on any atom is -0.479 e. The summed E-state index contributed by atoms with van der Waals surface area (Å²) in [6.07, 6.45) is 1.53. The third-order valence-corrected chi connectivity index (χ3v) is 6.84. The highest BCUT2D eigenvalue weighted by atomic mass is 16.5. The molecule has 7 heteroatoms. The summed E-state index contributed by atoms with van der Waals surface area (Å²) in [6, 6.07) is 18.0. The van der Waals surface area contributed by atoms with Gasteiger partial charge >= 0.3 is 0 Å². The van der Waals surface area contributed by atoms with Gasteiger partial charge in [-0.2, -0.15) is 5.26 Å². The molecule has 1 amide bonds. The van der Waals surface area contributed by atoms with Crippen LogP contribution in [0.1, 0.15) is 22.6 Å². The Morgan fingerprint density at radius 3 is 2.41 bits per heavy atom. The maximum atomic E-state index is 13.5. The van der Waals surface area contributed by atoms with Crippen LogP contribution < -0.4 is 0 Å². The number of hydrogen-bond acceptors (Lipinski definition) is 6. The summed E-state index contributed by atoms with van der Waals surface area (Å²) in [5.74, 6) is -1.94. The van der Waals surface area contributed by atoms with E-state index in [1.54, 1.807) is 51.5 Å². The topological polar surface area (TPSA) is 106 Å². The highest BCUT2D eigenvalue weighted by Gasteiger charge is 2.78. The maximum Gasteiger partial charge on any atom is 0.228 e. The van der Waals surface area contributed by atoms with Crippen molar-refractivity contribution < 1.29 is 19.7 Å². The standard InChI is InChI=1S/C27H27N3O4/c1-17-21(14-15-29-2)26(33)24(31)22(25(32)30(3)4)23(19-8-6-5-7-9-19)27(26,34-17)20-12-10-18(16-28)11-13-20/h5-15,22-24,31,33H,1H2,2-4H3/b21-14+,29-15?/t22-,23-,24-,26+,27+/m1/s1. The van der Waals surface area contributed by atoms with Crippen LogP contribution in [0.15, 0.2) is 83.6 Å². The Morgan fingerprint density at radius 1 is 1.21 bits per heavy atom. The summed E-state index contributed by atoms with van der Waals surface area (Å²) >= 11 is 0. The lowest BCUT2D eigenvalue weighted by Crippen LogP contribution is -2.53. The number of carbonyl (C=O) groups is 1. The highest BCUT2D eigenvalue weighted by molar-refractivity contribution is 5.83. The molecule has 0 bridgehead atoms. The number of fused-ring (bicyclic) bond motifs is 1. The molecule has 34 heavy (non-hydrogen) atoms. The van der Waals surface area contributed by atoms with E-state index < -0.39 is 29.1 Å². The van der Waals surface area contributed by atoms with Gasteiger partial charge in [-0.05, 0) is 29.3 Å². The first-order valence-corrected chi connectivity index (χ1v) is 10.9. The van der Waals surface area contributed by atoms with Gasteiger partial charge in [-0.1, -0.05) is 49.0 Å². The van der Waals surface area contributed by atoms with E-state index in [0.29, 0.717) is 11.1 Å². The molecule has 0 unspecified atom stereocenters. The molecular formula is C27H27N3O4. The van der Waals surface area contributed by atoms with Gasteiger partial charge in [0, 0.05) is 38.8 Å². The van der Waals surface area contributed by atoms with E-state index >= 15 is 0 Å². The number of aliphatic imine (C=N–C) groups is 1. The number of aliphatic hydroxyl groups excluding tert-OH is 1. The van der Waals surface area contributed by atoms with Gasteiger partial charge in [0.15, 0.2) is 11.2 Å². The molecule has 2 fully saturated rings. The molecule has 4 rings (SSSR count). The minimum atomic E-state index is -2.02. The molecule has 7 nitrogen and oxygen atoms in total. The summed E-state index contributed by atoms with van der Waals surface area (Å²) in [5, 5.41) is 33.4. The van der Waals surface area contributed by atoms with E-state index in [1.807, 2.05) is 30.3 Å². The maximum absolute atomic E-state index is 13.5. The van der Waals surface area contributed by atoms with Gasteiger partial charge in [0.2, 0.25) is 5.91 Å². The Labute approximate surface area is 198 Å². The quantitative estimate of drug-likeness (QED) is 0.687. The van der Waals surface area contributed by atoms with Crippen molar-refractivity contribution in [3.63, 3.8) is 0 Å². The third kappa shape index (κ3) is 3.11. The minimum absolute atomic E-state index is 0.183. The first-order chi connectivity index (χ1) is 16.2. The van der Waals surface area contributed by atoms with E-state index in [1.165, 1.54) is 11.1 Å². The van der Waals surface area contributed by atoms with Crippen molar-refractivity contribution >= 4 is 12.1 Å². The lowest BCUT2D eigenvalue weighted by molar-refractivity contribution is -0.141. The summed E-state index contributed by atoms with van der Waals surface area (Å²) in [7, 11) is 4.82. The lowest BCUT2D eigenvalue weighted by atomic mass is 9.70. The number of amides is 1. The molecule has 0 radical (unpaired) electrons. The molecule has 1 saturated carbocycles. The van der Waals surface area contributed by atoms with E-state index in [9.17, 15) is 20.3 Å². The normalized spacial score (nSPS) is 31.4. The monoisotopic (exact) mass is 457 g/mol. The number of carbonyl (C=O) groups excluding carboxylic acids is 1. The molecular weight excluding hydrogens is 430 g/mol. The van der Waals surface area contributed by atoms with Crippen LogP contribution in [0.25, 0.3) is 0 Å². The number of benzene rings is 2. The average Bonchev–Trinajstić information content (AvgIpc) is 3.19. The number of nitriles is 1. The molecule has 2 aromatic carbocycles. The fraction of sp³-hybridized carbons (Fsp3) is 0.296. The Balaban J connectivity index is 2.10. The van der Waals surface area contributed by atoms with Crippen molar-refractivity contribution in [1.82, 2.24) is 4.90 Å². The molecule has 1 aliphatic carbocycles. The van der Waals surface area contributed by atoms with Crippen LogP contribution in [0.3, 0.4) is 0 Å². The van der Waals surface area contributed by atoms with Crippen LogP contribution in [0, 0.1) is 17.2 Å². The van der Waals surface area contributed by atoms with Crippen LogP contribution in [0.2, 0.25) is 0 Å². The first-order valence-electron chi connectivity index (χ1n) is 10.9. The molecule has 2 aromatic rings. The van der Waals surface area contributed by atoms with Crippen molar-refractivity contribution in [3.05, 3.63) is 95.3 Å². The first kappa shape index (κ1) is 23.4. The molecule has 0 aromatic heterocycles. The number of ether oxygens (including phenoxy) is 1. The second-order valence-electron chi connectivity index (χ2n) is 8.80. The predicted molar refractivity (Wildman–Crippen MR) is 128 cm³/mol. The predicted octanol–water partition coefficient (Wildman–Crippen LogP) is 2.52. The van der Waals surface area contributed by atoms with Crippen LogP contribution in [0.4, 0.5) is 0 Å². The zero-order chi connectivity index (χ0) is 24.7. The van der Waals surface area contributed by atoms with E-state index in [4.69, 9.17) is 4.74 Å². The molecule has 1 saturated heterocycles. The van der Waals surface area contributed by atoms with Crippen molar-refractivity contribution in [3.8, 4) is 6.07 Å². The molecule has 174 valence electrons. The van der Waals surface area contributed by atoms with Gasteiger partial charge in [0.1, 0.15) is 11.9 Å². The second kappa shape index (κ2) is 8.56.